The molecule has 0 saturated heterocycles. The molecule has 1 rings (SSSR count). The zero-order chi connectivity index (χ0) is 11.6. The van der Waals surface area contributed by atoms with Crippen molar-refractivity contribution in [1.82, 2.24) is 4.98 Å². The first-order chi connectivity index (χ1) is 7.83. The predicted molar refractivity (Wildman–Crippen MR) is 70.0 cm³/mol. The van der Waals surface area contributed by atoms with Gasteiger partial charge in [-0.1, -0.05) is 39.0 Å². The number of aromatic nitrogens is 1. The van der Waals surface area contributed by atoms with Crippen molar-refractivity contribution in [2.75, 3.05) is 5.75 Å². The highest BCUT2D eigenvalue weighted by Gasteiger charge is 1.96. The molecule has 1 heterocycles. The molecule has 16 heavy (non-hydrogen) atoms. The van der Waals surface area contributed by atoms with E-state index in [1.165, 1.54) is 44.7 Å². The average Bonchev–Trinajstić information content (AvgIpc) is 2.30. The second-order valence-electron chi connectivity index (χ2n) is 3.97. The van der Waals surface area contributed by atoms with E-state index in [9.17, 15) is 0 Å². The van der Waals surface area contributed by atoms with Gasteiger partial charge in [-0.25, -0.2) is 4.98 Å². The Hall–Kier alpha value is -0.700. The number of thioether (sulfide) groups is 1. The lowest BCUT2D eigenvalue weighted by atomic mass is 10.1. The largest absolute Gasteiger partial charge is 0.506 e. The Labute approximate surface area is 102 Å². The Morgan fingerprint density at radius 3 is 2.56 bits per heavy atom. The summed E-state index contributed by atoms with van der Waals surface area (Å²) < 4.78 is 0. The van der Waals surface area contributed by atoms with Gasteiger partial charge in [-0.15, -0.1) is 11.8 Å². The molecule has 0 aliphatic rings. The maximum absolute atomic E-state index is 9.08. The third kappa shape index (κ3) is 6.01. The molecule has 90 valence electrons. The topological polar surface area (TPSA) is 33.1 Å². The molecule has 2 nitrogen and oxygen atoms in total. The molecule has 1 aromatic rings. The molecule has 0 radical (unpaired) electrons. The Balaban J connectivity index is 2.01. The standard InChI is InChI=1S/C13H21NOS/c1-2-3-4-5-6-7-10-16-13-9-8-12(15)11-14-13/h8-9,11,15H,2-7,10H2,1H3. The smallest absolute Gasteiger partial charge is 0.133 e. The maximum atomic E-state index is 9.08. The molecule has 0 aliphatic carbocycles. The molecular weight excluding hydrogens is 218 g/mol. The van der Waals surface area contributed by atoms with Crippen LogP contribution >= 0.6 is 11.8 Å². The maximum Gasteiger partial charge on any atom is 0.133 e. The van der Waals surface area contributed by atoms with Crippen molar-refractivity contribution in [3.63, 3.8) is 0 Å². The molecule has 0 bridgehead atoms. The number of aromatic hydroxyl groups is 1. The average molecular weight is 239 g/mol. The molecule has 0 spiro atoms. The van der Waals surface area contributed by atoms with Crippen molar-refractivity contribution >= 4 is 11.8 Å². The van der Waals surface area contributed by atoms with Crippen molar-refractivity contribution in [3.05, 3.63) is 18.3 Å². The summed E-state index contributed by atoms with van der Waals surface area (Å²) in [7, 11) is 0. The Bertz CT molecular complexity index is 274. The molecule has 0 aromatic carbocycles. The number of unbranched alkanes of at least 4 members (excludes halogenated alkanes) is 5. The highest BCUT2D eigenvalue weighted by molar-refractivity contribution is 7.99. The fraction of sp³-hybridized carbons (Fsp3) is 0.615. The first-order valence-corrected chi connectivity index (χ1v) is 7.09. The van der Waals surface area contributed by atoms with Gasteiger partial charge in [0.25, 0.3) is 0 Å². The third-order valence-corrected chi connectivity index (χ3v) is 3.50. The molecule has 0 fully saturated rings. The summed E-state index contributed by atoms with van der Waals surface area (Å²) in [5.74, 6) is 1.37. The molecule has 0 amide bonds. The van der Waals surface area contributed by atoms with Gasteiger partial charge in [-0.2, -0.15) is 0 Å². The van der Waals surface area contributed by atoms with Crippen molar-refractivity contribution < 1.29 is 5.11 Å². The monoisotopic (exact) mass is 239 g/mol. The Morgan fingerprint density at radius 1 is 1.12 bits per heavy atom. The van der Waals surface area contributed by atoms with E-state index in [0.717, 1.165) is 10.8 Å². The molecule has 3 heteroatoms. The molecule has 1 aromatic heterocycles. The zero-order valence-corrected chi connectivity index (χ0v) is 10.8. The van der Waals surface area contributed by atoms with Crippen LogP contribution in [0.25, 0.3) is 0 Å². The van der Waals surface area contributed by atoms with Crippen molar-refractivity contribution in [2.45, 2.75) is 50.5 Å². The van der Waals surface area contributed by atoms with Gasteiger partial charge >= 0.3 is 0 Å². The van der Waals surface area contributed by atoms with Gasteiger partial charge in [0.15, 0.2) is 0 Å². The van der Waals surface area contributed by atoms with E-state index in [1.807, 2.05) is 6.07 Å². The van der Waals surface area contributed by atoms with Gasteiger partial charge in [0, 0.05) is 0 Å². The van der Waals surface area contributed by atoms with E-state index < -0.39 is 0 Å². The quantitative estimate of drug-likeness (QED) is 0.544. The van der Waals surface area contributed by atoms with Crippen LogP contribution in [0, 0.1) is 0 Å². The highest BCUT2D eigenvalue weighted by atomic mass is 32.2. The van der Waals surface area contributed by atoms with E-state index in [2.05, 4.69) is 11.9 Å². The molecule has 0 atom stereocenters. The predicted octanol–water partition coefficient (Wildman–Crippen LogP) is 4.24. The summed E-state index contributed by atoms with van der Waals surface area (Å²) in [5.41, 5.74) is 0. The van der Waals surface area contributed by atoms with Crippen molar-refractivity contribution in [2.24, 2.45) is 0 Å². The van der Waals surface area contributed by atoms with Gasteiger partial charge in [0.05, 0.1) is 11.2 Å². The van der Waals surface area contributed by atoms with Crippen LogP contribution in [0.15, 0.2) is 23.4 Å². The van der Waals surface area contributed by atoms with Gasteiger partial charge in [0.2, 0.25) is 0 Å². The van der Waals surface area contributed by atoms with Gasteiger partial charge in [-0.05, 0) is 24.3 Å². The van der Waals surface area contributed by atoms with E-state index >= 15 is 0 Å². The molecular formula is C13H21NOS. The first-order valence-electron chi connectivity index (χ1n) is 6.10. The number of hydrogen-bond donors (Lipinski definition) is 1. The fourth-order valence-electron chi connectivity index (χ4n) is 1.52. The number of rotatable bonds is 8. The normalized spacial score (nSPS) is 10.6. The minimum absolute atomic E-state index is 0.240. The minimum atomic E-state index is 0.240. The third-order valence-electron chi connectivity index (χ3n) is 2.47. The molecule has 0 unspecified atom stereocenters. The second kappa shape index (κ2) is 8.45. The molecule has 0 saturated carbocycles. The van der Waals surface area contributed by atoms with Crippen LogP contribution in [0.3, 0.4) is 0 Å². The van der Waals surface area contributed by atoms with Crippen LogP contribution in [-0.4, -0.2) is 15.8 Å². The van der Waals surface area contributed by atoms with Gasteiger partial charge in [0.1, 0.15) is 5.75 Å². The molecule has 0 aliphatic heterocycles. The van der Waals surface area contributed by atoms with Crippen LogP contribution in [0.5, 0.6) is 5.75 Å². The van der Waals surface area contributed by atoms with Crippen molar-refractivity contribution in [1.29, 1.82) is 0 Å². The number of hydrogen-bond acceptors (Lipinski definition) is 3. The Morgan fingerprint density at radius 2 is 1.88 bits per heavy atom. The summed E-state index contributed by atoms with van der Waals surface area (Å²) in [6, 6.07) is 3.56. The van der Waals surface area contributed by atoms with E-state index in [4.69, 9.17) is 5.11 Å². The van der Waals surface area contributed by atoms with Crippen LogP contribution in [0.4, 0.5) is 0 Å². The van der Waals surface area contributed by atoms with Crippen LogP contribution < -0.4 is 0 Å². The first kappa shape index (κ1) is 13.4. The summed E-state index contributed by atoms with van der Waals surface area (Å²) in [5, 5.41) is 10.1. The molecule has 1 N–H and O–H groups in total. The SMILES string of the molecule is CCCCCCCCSc1ccc(O)cn1. The van der Waals surface area contributed by atoms with E-state index in [0.29, 0.717) is 0 Å². The van der Waals surface area contributed by atoms with Crippen LogP contribution in [0.2, 0.25) is 0 Å². The lowest BCUT2D eigenvalue weighted by Gasteiger charge is -2.01. The second-order valence-corrected chi connectivity index (χ2v) is 5.09. The van der Waals surface area contributed by atoms with Crippen LogP contribution in [-0.2, 0) is 0 Å². The zero-order valence-electron chi connectivity index (χ0n) is 9.98. The summed E-state index contributed by atoms with van der Waals surface area (Å²) in [6.07, 6.45) is 9.50. The number of pyridine rings is 1. The van der Waals surface area contributed by atoms with E-state index in [-0.39, 0.29) is 5.75 Å². The summed E-state index contributed by atoms with van der Waals surface area (Å²) >= 11 is 1.77. The number of nitrogens with zero attached hydrogens (tertiary/aromatic N) is 1. The Kier molecular flexibility index (Phi) is 7.06. The van der Waals surface area contributed by atoms with Gasteiger partial charge < -0.3 is 5.11 Å². The summed E-state index contributed by atoms with van der Waals surface area (Å²) in [6.45, 7) is 2.24. The summed E-state index contributed by atoms with van der Waals surface area (Å²) in [4.78, 5) is 4.14. The lowest BCUT2D eigenvalue weighted by Crippen LogP contribution is -1.84. The highest BCUT2D eigenvalue weighted by Crippen LogP contribution is 2.19. The fourth-order valence-corrected chi connectivity index (χ4v) is 2.37. The van der Waals surface area contributed by atoms with Crippen LogP contribution in [0.1, 0.15) is 45.4 Å². The van der Waals surface area contributed by atoms with Crippen molar-refractivity contribution in [3.8, 4) is 5.75 Å². The van der Waals surface area contributed by atoms with Gasteiger partial charge in [-0.3, -0.25) is 0 Å². The minimum Gasteiger partial charge on any atom is -0.506 e. The van der Waals surface area contributed by atoms with E-state index in [1.54, 1.807) is 17.8 Å². The lowest BCUT2D eigenvalue weighted by molar-refractivity contribution is 0.471.